The van der Waals surface area contributed by atoms with E-state index in [9.17, 15) is 28.8 Å². The Morgan fingerprint density at radius 2 is 1.02 bits per heavy atom. The second-order valence-electron chi connectivity index (χ2n) is 21.7. The zero-order valence-electron chi connectivity index (χ0n) is 57.4. The molecule has 2 heterocycles. The van der Waals surface area contributed by atoms with Crippen molar-refractivity contribution < 1.29 is 95.1 Å². The monoisotopic (exact) mass is 1350 g/mol. The highest BCUT2D eigenvalue weighted by atomic mass is 16.6. The van der Waals surface area contributed by atoms with Crippen LogP contribution in [0.15, 0.2) is 30.5 Å². The molecule has 7 N–H and O–H groups in total. The minimum atomic E-state index is -1.14. The van der Waals surface area contributed by atoms with Gasteiger partial charge in [-0.2, -0.15) is 9.97 Å². The smallest absolute Gasteiger partial charge is 0.329 e. The van der Waals surface area contributed by atoms with E-state index in [2.05, 4.69) is 35.9 Å². The molecule has 0 saturated carbocycles. The summed E-state index contributed by atoms with van der Waals surface area (Å²) in [4.78, 5) is 97.8. The molecule has 540 valence electrons. The maximum atomic E-state index is 13.5. The third-order valence-corrected chi connectivity index (χ3v) is 12.8. The number of carbonyl (C=O) groups excluding carboxylic acids is 6. The van der Waals surface area contributed by atoms with Crippen LogP contribution in [-0.2, 0) is 96.8 Å². The molecule has 0 radical (unpaired) electrons. The van der Waals surface area contributed by atoms with E-state index in [-0.39, 0.29) is 99.1 Å². The lowest BCUT2D eigenvalue weighted by atomic mass is 10.1. The Labute approximate surface area is 559 Å². The Kier molecular flexibility index (Phi) is 48.5. The van der Waals surface area contributed by atoms with Crippen LogP contribution in [0, 0.1) is 0 Å². The van der Waals surface area contributed by atoms with Crippen LogP contribution in [0.2, 0.25) is 0 Å². The number of nitrogens with zero attached hydrogens (tertiary/aromatic N) is 6. The zero-order valence-corrected chi connectivity index (χ0v) is 57.4. The molecule has 95 heavy (non-hydrogen) atoms. The molecule has 0 spiro atoms. The highest BCUT2D eigenvalue weighted by Crippen LogP contribution is 2.20. The summed E-state index contributed by atoms with van der Waals surface area (Å²) in [5.74, 6) is -2.44. The Balaban J connectivity index is 0.00000139. The lowest BCUT2D eigenvalue weighted by Crippen LogP contribution is -2.45. The van der Waals surface area contributed by atoms with E-state index >= 15 is 0 Å². The largest absolute Gasteiger partial charge is 0.466 e. The predicted molar refractivity (Wildman–Crippen MR) is 353 cm³/mol. The number of hydrogen-bond acceptors (Lipinski definition) is 27. The first-order valence-electron chi connectivity index (χ1n) is 32.6. The zero-order chi connectivity index (χ0) is 69.6. The molecular formula is C64H109N11O20. The normalized spacial score (nSPS) is 11.6. The van der Waals surface area contributed by atoms with E-state index in [4.69, 9.17) is 77.8 Å². The van der Waals surface area contributed by atoms with Gasteiger partial charge in [0.25, 0.3) is 5.91 Å². The topological polar surface area (TPSA) is 378 Å². The van der Waals surface area contributed by atoms with Crippen molar-refractivity contribution in [2.75, 3.05) is 215 Å². The first kappa shape index (κ1) is 84.5. The van der Waals surface area contributed by atoms with E-state index in [1.807, 2.05) is 25.8 Å². The summed E-state index contributed by atoms with van der Waals surface area (Å²) >= 11 is 0. The van der Waals surface area contributed by atoms with Gasteiger partial charge in [-0.25, -0.2) is 14.8 Å². The van der Waals surface area contributed by atoms with Crippen molar-refractivity contribution in [3.8, 4) is 0 Å². The summed E-state index contributed by atoms with van der Waals surface area (Å²) < 4.78 is 74.3. The van der Waals surface area contributed by atoms with Crippen molar-refractivity contribution >= 4 is 64.2 Å². The fourth-order valence-corrected chi connectivity index (χ4v) is 8.11. The minimum absolute atomic E-state index is 0.000755. The molecule has 3 aromatic rings. The quantitative estimate of drug-likeness (QED) is 0.0401. The van der Waals surface area contributed by atoms with Crippen LogP contribution in [0.25, 0.3) is 11.2 Å². The second kappa shape index (κ2) is 54.5. The summed E-state index contributed by atoms with van der Waals surface area (Å²) in [5, 5.41) is 8.39. The van der Waals surface area contributed by atoms with Gasteiger partial charge in [0.1, 0.15) is 11.6 Å². The van der Waals surface area contributed by atoms with Gasteiger partial charge < -0.3 is 104 Å². The molecule has 0 bridgehead atoms. The summed E-state index contributed by atoms with van der Waals surface area (Å²) in [7, 11) is 3.49. The van der Waals surface area contributed by atoms with Gasteiger partial charge >= 0.3 is 11.9 Å². The number of anilines is 3. The maximum absolute atomic E-state index is 13.5. The first-order chi connectivity index (χ1) is 45.9. The number of amides is 4. The van der Waals surface area contributed by atoms with Crippen LogP contribution < -0.4 is 32.3 Å². The number of nitrogens with one attached hydrogen (secondary N) is 3. The molecule has 0 fully saturated rings. The molecular weight excluding hydrogens is 1240 g/mol. The number of rotatable bonds is 56. The van der Waals surface area contributed by atoms with E-state index in [1.165, 1.54) is 0 Å². The van der Waals surface area contributed by atoms with Crippen molar-refractivity contribution in [3.63, 3.8) is 0 Å². The van der Waals surface area contributed by atoms with Gasteiger partial charge in [-0.1, -0.05) is 0 Å². The fourth-order valence-electron chi connectivity index (χ4n) is 8.11. The Morgan fingerprint density at radius 3 is 1.48 bits per heavy atom. The van der Waals surface area contributed by atoms with Gasteiger partial charge in [0, 0.05) is 84.1 Å². The highest BCUT2D eigenvalue weighted by molar-refractivity contribution is 5.97. The molecule has 1 aromatic carbocycles. The number of esters is 2. The van der Waals surface area contributed by atoms with E-state index < -0.39 is 29.5 Å². The van der Waals surface area contributed by atoms with Crippen LogP contribution in [-0.4, -0.2) is 271 Å². The third-order valence-electron chi connectivity index (χ3n) is 12.8. The van der Waals surface area contributed by atoms with Crippen molar-refractivity contribution in [2.45, 2.75) is 105 Å². The van der Waals surface area contributed by atoms with Gasteiger partial charge in [0.15, 0.2) is 17.0 Å². The second-order valence-corrected chi connectivity index (χ2v) is 21.7. The number of benzene rings is 1. The van der Waals surface area contributed by atoms with Gasteiger partial charge in [0.05, 0.1) is 170 Å². The molecule has 31 nitrogen and oxygen atoms in total. The SMILES string of the molecule is CCOCCOCCOCCOCCOCCOC.CCOCCOCCOCCOCCOCCOCCC(=O)NCCCN(CCCNC(=O)CCC(NC(=O)c1ccc(N(C)Cc2cnc3nc(N)nc(N)c3n2)cc1)C(=O)OC(C)(C)C)C(=O)CCC(=O)OCC. The van der Waals surface area contributed by atoms with Crippen LogP contribution >= 0.6 is 0 Å². The van der Waals surface area contributed by atoms with Gasteiger partial charge in [-0.15, -0.1) is 0 Å². The lowest BCUT2D eigenvalue weighted by molar-refractivity contribution is -0.157. The Hall–Kier alpha value is -6.62. The van der Waals surface area contributed by atoms with E-state index in [1.54, 1.807) is 70.2 Å². The van der Waals surface area contributed by atoms with E-state index in [0.29, 0.717) is 182 Å². The fraction of sp³-hybridized carbons (Fsp3) is 0.719. The standard InChI is InChI=1S/C51H81N11O14.C13H28O6/c1-7-69-25-26-71-29-30-73-33-34-74-32-31-72-28-27-70-24-19-42(64)55-21-10-23-62(43(65)17-18-44(66)75-8-2)22-9-20-54-41(63)16-15-40(49(68)76-51(3,4)5)58-48(67)37-11-13-39(14-12-37)61(6)36-38-35-56-47-45(57-38)46(52)59-50(53)60-47;1-3-15-6-7-17-10-11-19-13-12-18-9-8-16-5-4-14-2/h11-14,35,40H,7-10,15-34,36H2,1-6H3,(H,54,63)(H,55,64)(H,58,67)(H4,52,53,56,59,60);3-13H2,1-2H3. The summed E-state index contributed by atoms with van der Waals surface area (Å²) in [6.45, 7) is 24.4. The number of aromatic nitrogens is 4. The van der Waals surface area contributed by atoms with Gasteiger partial charge in [-0.05, 0) is 85.1 Å². The first-order valence-corrected chi connectivity index (χ1v) is 32.6. The number of nitrogen functional groups attached to an aromatic ring is 2. The molecule has 0 saturated heterocycles. The lowest BCUT2D eigenvalue weighted by Gasteiger charge is -2.25. The summed E-state index contributed by atoms with van der Waals surface area (Å²) in [5.41, 5.74) is 13.0. The number of ether oxygens (including phenoxy) is 14. The van der Waals surface area contributed by atoms with Gasteiger partial charge in [0.2, 0.25) is 23.7 Å². The van der Waals surface area contributed by atoms with Crippen LogP contribution in [0.4, 0.5) is 17.5 Å². The molecule has 0 aliphatic carbocycles. The van der Waals surface area contributed by atoms with Crippen LogP contribution in [0.3, 0.4) is 0 Å². The maximum Gasteiger partial charge on any atom is 0.329 e. The Bertz CT molecular complexity index is 2520. The number of hydrogen-bond donors (Lipinski definition) is 5. The average molecular weight is 1350 g/mol. The molecule has 2 aromatic heterocycles. The van der Waals surface area contributed by atoms with Crippen molar-refractivity contribution in [2.24, 2.45) is 0 Å². The molecule has 31 heteroatoms. The molecule has 1 atom stereocenters. The summed E-state index contributed by atoms with van der Waals surface area (Å²) in [6.07, 6.45) is 2.24. The van der Waals surface area contributed by atoms with Gasteiger partial charge in [-0.3, -0.25) is 24.0 Å². The van der Waals surface area contributed by atoms with Crippen LogP contribution in [0.1, 0.15) is 103 Å². The summed E-state index contributed by atoms with van der Waals surface area (Å²) in [6, 6.07) is 5.57. The number of methoxy groups -OCH3 is 1. The third kappa shape index (κ3) is 44.0. The Morgan fingerprint density at radius 1 is 0.558 bits per heavy atom. The van der Waals surface area contributed by atoms with Crippen molar-refractivity contribution in [3.05, 3.63) is 41.7 Å². The number of carbonyl (C=O) groups is 6. The number of nitrogens with two attached hydrogens (primary N) is 2. The minimum Gasteiger partial charge on any atom is -0.466 e. The molecule has 4 amide bonds. The number of fused-ring (bicyclic) bond motifs is 1. The molecule has 0 aliphatic heterocycles. The predicted octanol–water partition coefficient (Wildman–Crippen LogP) is 2.87. The van der Waals surface area contributed by atoms with E-state index in [0.717, 1.165) is 12.3 Å². The van der Waals surface area contributed by atoms with Crippen molar-refractivity contribution in [1.82, 2.24) is 40.8 Å². The average Bonchev–Trinajstić information content (AvgIpc) is 0.821. The van der Waals surface area contributed by atoms with Crippen molar-refractivity contribution in [1.29, 1.82) is 0 Å². The molecule has 1 unspecified atom stereocenters. The molecule has 0 aliphatic rings. The molecule has 3 rings (SSSR count). The highest BCUT2D eigenvalue weighted by Gasteiger charge is 2.28. The van der Waals surface area contributed by atoms with Crippen LogP contribution in [0.5, 0.6) is 0 Å².